The van der Waals surface area contributed by atoms with E-state index in [0.29, 0.717) is 5.39 Å². The number of hydrogen-bond acceptors (Lipinski definition) is 2. The molecule has 1 aromatic carbocycles. The van der Waals surface area contributed by atoms with Gasteiger partial charge in [0.05, 0.1) is 16.6 Å². The highest BCUT2D eigenvalue weighted by molar-refractivity contribution is 5.89. The molecule has 86 valence electrons. The zero-order valence-electron chi connectivity index (χ0n) is 9.60. The van der Waals surface area contributed by atoms with E-state index in [1.54, 1.807) is 12.3 Å². The van der Waals surface area contributed by atoms with Crippen molar-refractivity contribution in [1.82, 2.24) is 9.97 Å². The minimum Gasteiger partial charge on any atom is -0.321 e. The molecule has 3 nitrogen and oxygen atoms in total. The average Bonchev–Trinajstić information content (AvgIpc) is 2.78. The van der Waals surface area contributed by atoms with Crippen LogP contribution >= 0.6 is 0 Å². The van der Waals surface area contributed by atoms with Crippen LogP contribution in [0.1, 0.15) is 11.1 Å². The minimum atomic E-state index is -0.0615. The molecule has 1 aliphatic rings. The third kappa shape index (κ3) is 1.13. The Labute approximate surface area is 103 Å². The van der Waals surface area contributed by atoms with E-state index in [-0.39, 0.29) is 5.56 Å². The highest BCUT2D eigenvalue weighted by atomic mass is 16.1. The SMILES string of the molecule is O=c1[nH]c2c(c3ncccc13)Cc1ccccc1-2. The Hall–Kier alpha value is -2.42. The summed E-state index contributed by atoms with van der Waals surface area (Å²) in [5.74, 6) is 0. The van der Waals surface area contributed by atoms with Gasteiger partial charge < -0.3 is 4.98 Å². The maximum Gasteiger partial charge on any atom is 0.257 e. The van der Waals surface area contributed by atoms with Crippen molar-refractivity contribution in [2.75, 3.05) is 0 Å². The number of aromatic nitrogens is 2. The van der Waals surface area contributed by atoms with Gasteiger partial charge in [-0.3, -0.25) is 9.78 Å². The molecule has 2 aromatic heterocycles. The summed E-state index contributed by atoms with van der Waals surface area (Å²) < 4.78 is 0. The van der Waals surface area contributed by atoms with Crippen molar-refractivity contribution in [3.8, 4) is 11.3 Å². The fourth-order valence-corrected chi connectivity index (χ4v) is 2.71. The molecule has 18 heavy (non-hydrogen) atoms. The van der Waals surface area contributed by atoms with Gasteiger partial charge in [-0.15, -0.1) is 0 Å². The fourth-order valence-electron chi connectivity index (χ4n) is 2.71. The summed E-state index contributed by atoms with van der Waals surface area (Å²) in [5.41, 5.74) is 5.20. The molecule has 0 atom stereocenters. The van der Waals surface area contributed by atoms with Crippen LogP contribution in [0.15, 0.2) is 47.4 Å². The number of aromatic amines is 1. The van der Waals surface area contributed by atoms with E-state index in [1.165, 1.54) is 5.56 Å². The standard InChI is InChI=1S/C15H10N2O/c18-15-11-6-3-7-16-13(11)12-8-9-4-1-2-5-10(9)14(12)17-15/h1-7H,8H2,(H,17,18). The lowest BCUT2D eigenvalue weighted by Crippen LogP contribution is -2.09. The van der Waals surface area contributed by atoms with Crippen LogP contribution in [0.5, 0.6) is 0 Å². The second kappa shape index (κ2) is 3.29. The topological polar surface area (TPSA) is 45.8 Å². The first kappa shape index (κ1) is 9.59. The van der Waals surface area contributed by atoms with E-state index in [0.717, 1.165) is 28.8 Å². The van der Waals surface area contributed by atoms with Crippen molar-refractivity contribution in [3.63, 3.8) is 0 Å². The van der Waals surface area contributed by atoms with E-state index < -0.39 is 0 Å². The summed E-state index contributed by atoms with van der Waals surface area (Å²) in [5, 5.41) is 0.670. The van der Waals surface area contributed by atoms with Crippen molar-refractivity contribution >= 4 is 10.9 Å². The molecule has 0 saturated heterocycles. The van der Waals surface area contributed by atoms with Crippen LogP contribution in [-0.2, 0) is 6.42 Å². The Morgan fingerprint density at radius 3 is 2.94 bits per heavy atom. The predicted molar refractivity (Wildman–Crippen MR) is 70.6 cm³/mol. The number of fused-ring (bicyclic) bond motifs is 5. The molecule has 3 heteroatoms. The molecule has 1 aliphatic carbocycles. The number of nitrogens with one attached hydrogen (secondary N) is 1. The van der Waals surface area contributed by atoms with Crippen molar-refractivity contribution in [1.29, 1.82) is 0 Å². The number of pyridine rings is 2. The van der Waals surface area contributed by atoms with E-state index in [9.17, 15) is 4.79 Å². The third-order valence-electron chi connectivity index (χ3n) is 3.53. The number of nitrogens with zero attached hydrogens (tertiary/aromatic N) is 1. The highest BCUT2D eigenvalue weighted by Gasteiger charge is 2.22. The minimum absolute atomic E-state index is 0.0615. The molecule has 3 aromatic rings. The number of rotatable bonds is 0. The van der Waals surface area contributed by atoms with E-state index >= 15 is 0 Å². The Morgan fingerprint density at radius 1 is 1.11 bits per heavy atom. The number of H-pyrrole nitrogens is 1. The van der Waals surface area contributed by atoms with Crippen LogP contribution in [0.3, 0.4) is 0 Å². The van der Waals surface area contributed by atoms with Gasteiger partial charge in [0, 0.05) is 23.7 Å². The van der Waals surface area contributed by atoms with Gasteiger partial charge in [0.1, 0.15) is 0 Å². The van der Waals surface area contributed by atoms with Gasteiger partial charge >= 0.3 is 0 Å². The highest BCUT2D eigenvalue weighted by Crippen LogP contribution is 2.36. The van der Waals surface area contributed by atoms with Crippen molar-refractivity contribution in [2.24, 2.45) is 0 Å². The van der Waals surface area contributed by atoms with Gasteiger partial charge in [0.2, 0.25) is 0 Å². The molecule has 4 rings (SSSR count). The lowest BCUT2D eigenvalue weighted by Gasteiger charge is -2.03. The maximum absolute atomic E-state index is 12.1. The van der Waals surface area contributed by atoms with Crippen LogP contribution in [0, 0.1) is 0 Å². The van der Waals surface area contributed by atoms with Crippen LogP contribution in [-0.4, -0.2) is 9.97 Å². The Kier molecular flexibility index (Phi) is 1.75. The van der Waals surface area contributed by atoms with E-state index in [2.05, 4.69) is 16.0 Å². The molecule has 0 fully saturated rings. The summed E-state index contributed by atoms with van der Waals surface area (Å²) >= 11 is 0. The largest absolute Gasteiger partial charge is 0.321 e. The number of benzene rings is 1. The van der Waals surface area contributed by atoms with Gasteiger partial charge in [0.25, 0.3) is 5.56 Å². The lowest BCUT2D eigenvalue weighted by atomic mass is 10.1. The van der Waals surface area contributed by atoms with E-state index in [4.69, 9.17) is 0 Å². The first-order chi connectivity index (χ1) is 8.84. The molecule has 0 aliphatic heterocycles. The maximum atomic E-state index is 12.1. The Balaban J connectivity index is 2.18. The van der Waals surface area contributed by atoms with Gasteiger partial charge in [-0.1, -0.05) is 24.3 Å². The molecule has 0 unspecified atom stereocenters. The van der Waals surface area contributed by atoms with Crippen LogP contribution in [0.4, 0.5) is 0 Å². The molecule has 1 N–H and O–H groups in total. The molecule has 2 heterocycles. The first-order valence-electron chi connectivity index (χ1n) is 5.93. The second-order valence-electron chi connectivity index (χ2n) is 4.54. The summed E-state index contributed by atoms with van der Waals surface area (Å²) in [6.45, 7) is 0. The first-order valence-corrected chi connectivity index (χ1v) is 5.93. The molecule has 0 amide bonds. The third-order valence-corrected chi connectivity index (χ3v) is 3.53. The van der Waals surface area contributed by atoms with Crippen molar-refractivity contribution in [3.05, 3.63) is 64.1 Å². The molecule has 0 radical (unpaired) electrons. The van der Waals surface area contributed by atoms with Gasteiger partial charge in [0.15, 0.2) is 0 Å². The Morgan fingerprint density at radius 2 is 2.00 bits per heavy atom. The Bertz CT molecular complexity index is 833. The molecule has 0 spiro atoms. The molecule has 0 bridgehead atoms. The van der Waals surface area contributed by atoms with Gasteiger partial charge in [-0.2, -0.15) is 0 Å². The van der Waals surface area contributed by atoms with Gasteiger partial charge in [-0.25, -0.2) is 0 Å². The normalized spacial score (nSPS) is 12.4. The summed E-state index contributed by atoms with van der Waals surface area (Å²) in [6, 6.07) is 11.8. The average molecular weight is 234 g/mol. The summed E-state index contributed by atoms with van der Waals surface area (Å²) in [6.07, 6.45) is 2.58. The van der Waals surface area contributed by atoms with Gasteiger partial charge in [-0.05, 0) is 17.7 Å². The zero-order chi connectivity index (χ0) is 12.1. The fraction of sp³-hybridized carbons (Fsp3) is 0.0667. The van der Waals surface area contributed by atoms with Crippen LogP contribution in [0.2, 0.25) is 0 Å². The molecular weight excluding hydrogens is 224 g/mol. The predicted octanol–water partition coefficient (Wildman–Crippen LogP) is 2.49. The smallest absolute Gasteiger partial charge is 0.257 e. The molecular formula is C15H10N2O. The quantitative estimate of drug-likeness (QED) is 0.508. The van der Waals surface area contributed by atoms with Crippen LogP contribution < -0.4 is 5.56 Å². The van der Waals surface area contributed by atoms with Crippen molar-refractivity contribution in [2.45, 2.75) is 6.42 Å². The summed E-state index contributed by atoms with van der Waals surface area (Å²) in [4.78, 5) is 19.4. The second-order valence-corrected chi connectivity index (χ2v) is 4.54. The lowest BCUT2D eigenvalue weighted by molar-refractivity contribution is 1.20. The summed E-state index contributed by atoms with van der Waals surface area (Å²) in [7, 11) is 0. The van der Waals surface area contributed by atoms with Crippen molar-refractivity contribution < 1.29 is 0 Å². The number of hydrogen-bond donors (Lipinski definition) is 1. The van der Waals surface area contributed by atoms with Crippen LogP contribution in [0.25, 0.3) is 22.2 Å². The van der Waals surface area contributed by atoms with E-state index in [1.807, 2.05) is 24.3 Å². The monoisotopic (exact) mass is 234 g/mol. The zero-order valence-corrected chi connectivity index (χ0v) is 9.60. The molecule has 0 saturated carbocycles.